The van der Waals surface area contributed by atoms with Crippen LogP contribution in [0.25, 0.3) is 11.3 Å². The number of benzene rings is 1. The second-order valence-corrected chi connectivity index (χ2v) is 3.79. The van der Waals surface area contributed by atoms with E-state index in [0.717, 1.165) is 22.8 Å². The third kappa shape index (κ3) is 1.85. The van der Waals surface area contributed by atoms with Gasteiger partial charge in [0.1, 0.15) is 13.2 Å². The highest BCUT2D eigenvalue weighted by atomic mass is 16.6. The number of ether oxygens (including phenoxy) is 2. The van der Waals surface area contributed by atoms with Gasteiger partial charge in [-0.05, 0) is 24.3 Å². The molecule has 0 spiro atoms. The first-order chi connectivity index (χ1) is 8.36. The summed E-state index contributed by atoms with van der Waals surface area (Å²) in [6.45, 7) is 1.11. The minimum absolute atomic E-state index is 0.0441. The maximum atomic E-state index is 8.97. The maximum Gasteiger partial charge on any atom is 0.162 e. The Morgan fingerprint density at radius 1 is 1.18 bits per heavy atom. The molecule has 0 fully saturated rings. The minimum Gasteiger partial charge on any atom is -0.486 e. The molecule has 88 valence electrons. The Morgan fingerprint density at radius 2 is 2.00 bits per heavy atom. The number of rotatable bonds is 2. The Morgan fingerprint density at radius 3 is 2.76 bits per heavy atom. The fraction of sp³-hybridized carbons (Fsp3) is 0.250. The molecule has 0 bridgehead atoms. The number of aliphatic hydroxyl groups excluding tert-OH is 1. The van der Waals surface area contributed by atoms with Gasteiger partial charge >= 0.3 is 0 Å². The molecule has 0 unspecified atom stereocenters. The molecule has 0 saturated carbocycles. The highest BCUT2D eigenvalue weighted by Crippen LogP contribution is 2.33. The molecular weight excluding hydrogens is 220 g/mol. The molecule has 0 aliphatic carbocycles. The van der Waals surface area contributed by atoms with Gasteiger partial charge in [-0.2, -0.15) is 5.10 Å². The number of hydrogen-bond acceptors (Lipinski definition) is 4. The zero-order chi connectivity index (χ0) is 11.7. The normalized spacial score (nSPS) is 13.7. The van der Waals surface area contributed by atoms with Crippen LogP contribution in [0, 0.1) is 0 Å². The van der Waals surface area contributed by atoms with E-state index >= 15 is 0 Å². The van der Waals surface area contributed by atoms with Crippen molar-refractivity contribution >= 4 is 0 Å². The first-order valence-corrected chi connectivity index (χ1v) is 5.42. The molecule has 2 heterocycles. The lowest BCUT2D eigenvalue weighted by molar-refractivity contribution is 0.171. The van der Waals surface area contributed by atoms with E-state index < -0.39 is 0 Å². The Kier molecular flexibility index (Phi) is 2.45. The second-order valence-electron chi connectivity index (χ2n) is 3.79. The van der Waals surface area contributed by atoms with Crippen LogP contribution in [0.1, 0.15) is 5.69 Å². The lowest BCUT2D eigenvalue weighted by Gasteiger charge is -2.18. The first-order valence-electron chi connectivity index (χ1n) is 5.42. The molecule has 0 amide bonds. The van der Waals surface area contributed by atoms with E-state index in [-0.39, 0.29) is 6.61 Å². The molecule has 0 saturated heterocycles. The molecule has 5 heteroatoms. The summed E-state index contributed by atoms with van der Waals surface area (Å²) in [6, 6.07) is 7.50. The standard InChI is InChI=1S/C12H12N2O3/c15-7-9-6-10(14-13-9)8-1-2-11-12(5-8)17-4-3-16-11/h1-2,5-6,15H,3-4,7H2,(H,13,14). The van der Waals surface area contributed by atoms with E-state index in [4.69, 9.17) is 14.6 Å². The van der Waals surface area contributed by atoms with Gasteiger partial charge in [0.15, 0.2) is 11.5 Å². The molecule has 1 aliphatic rings. The third-order valence-corrected chi connectivity index (χ3v) is 2.64. The van der Waals surface area contributed by atoms with Crippen LogP contribution in [0.4, 0.5) is 0 Å². The Bertz CT molecular complexity index is 536. The Balaban J connectivity index is 1.97. The summed E-state index contributed by atoms with van der Waals surface area (Å²) in [7, 11) is 0. The number of aromatic amines is 1. The molecule has 2 N–H and O–H groups in total. The number of aromatic nitrogens is 2. The number of H-pyrrole nitrogens is 1. The van der Waals surface area contributed by atoms with Crippen molar-refractivity contribution in [2.24, 2.45) is 0 Å². The van der Waals surface area contributed by atoms with Crippen LogP contribution < -0.4 is 9.47 Å². The highest BCUT2D eigenvalue weighted by Gasteiger charge is 2.13. The summed E-state index contributed by atoms with van der Waals surface area (Å²) in [6.07, 6.45) is 0. The van der Waals surface area contributed by atoms with Crippen molar-refractivity contribution in [2.75, 3.05) is 13.2 Å². The lowest BCUT2D eigenvalue weighted by Crippen LogP contribution is -2.15. The average Bonchev–Trinajstić information content (AvgIpc) is 2.87. The molecule has 17 heavy (non-hydrogen) atoms. The van der Waals surface area contributed by atoms with E-state index in [1.807, 2.05) is 24.3 Å². The van der Waals surface area contributed by atoms with Gasteiger partial charge in [0.25, 0.3) is 0 Å². The molecule has 2 aromatic rings. The fourth-order valence-electron chi connectivity index (χ4n) is 1.79. The first kappa shape index (κ1) is 10.2. The molecule has 3 rings (SSSR count). The van der Waals surface area contributed by atoms with Crippen molar-refractivity contribution in [2.45, 2.75) is 6.61 Å². The van der Waals surface area contributed by atoms with Crippen LogP contribution in [-0.4, -0.2) is 28.5 Å². The zero-order valence-corrected chi connectivity index (χ0v) is 9.14. The van der Waals surface area contributed by atoms with Crippen molar-refractivity contribution in [3.8, 4) is 22.8 Å². The smallest absolute Gasteiger partial charge is 0.162 e. The van der Waals surface area contributed by atoms with Gasteiger partial charge < -0.3 is 14.6 Å². The SMILES string of the molecule is OCc1cc(-c2ccc3c(c2)OCCO3)n[nH]1. The molecule has 0 atom stereocenters. The van der Waals surface area contributed by atoms with Crippen LogP contribution >= 0.6 is 0 Å². The van der Waals surface area contributed by atoms with Gasteiger partial charge in [0.2, 0.25) is 0 Å². The topological polar surface area (TPSA) is 67.4 Å². The lowest BCUT2D eigenvalue weighted by atomic mass is 10.1. The Hall–Kier alpha value is -2.01. The Labute approximate surface area is 98.0 Å². The summed E-state index contributed by atoms with van der Waals surface area (Å²) in [5, 5.41) is 15.9. The van der Waals surface area contributed by atoms with E-state index in [9.17, 15) is 0 Å². The van der Waals surface area contributed by atoms with Crippen molar-refractivity contribution in [3.05, 3.63) is 30.0 Å². The number of nitrogens with zero attached hydrogens (tertiary/aromatic N) is 1. The van der Waals surface area contributed by atoms with Crippen molar-refractivity contribution in [1.29, 1.82) is 0 Å². The predicted molar refractivity (Wildman–Crippen MR) is 60.9 cm³/mol. The van der Waals surface area contributed by atoms with E-state index in [1.165, 1.54) is 0 Å². The summed E-state index contributed by atoms with van der Waals surface area (Å²) >= 11 is 0. The molecule has 1 aliphatic heterocycles. The summed E-state index contributed by atoms with van der Waals surface area (Å²) in [4.78, 5) is 0. The number of aliphatic hydroxyl groups is 1. The van der Waals surface area contributed by atoms with Crippen LogP contribution in [-0.2, 0) is 6.61 Å². The van der Waals surface area contributed by atoms with E-state index in [1.54, 1.807) is 0 Å². The van der Waals surface area contributed by atoms with E-state index in [2.05, 4.69) is 10.2 Å². The van der Waals surface area contributed by atoms with Crippen LogP contribution in [0.15, 0.2) is 24.3 Å². The molecule has 0 radical (unpaired) electrons. The van der Waals surface area contributed by atoms with Gasteiger partial charge in [-0.1, -0.05) is 0 Å². The number of hydrogen-bond donors (Lipinski definition) is 2. The predicted octanol–water partition coefficient (Wildman–Crippen LogP) is 1.34. The van der Waals surface area contributed by atoms with Crippen LogP contribution in [0.3, 0.4) is 0 Å². The van der Waals surface area contributed by atoms with Crippen molar-refractivity contribution in [3.63, 3.8) is 0 Å². The fourth-order valence-corrected chi connectivity index (χ4v) is 1.79. The van der Waals surface area contributed by atoms with Crippen molar-refractivity contribution in [1.82, 2.24) is 10.2 Å². The van der Waals surface area contributed by atoms with Gasteiger partial charge in [0, 0.05) is 5.56 Å². The summed E-state index contributed by atoms with van der Waals surface area (Å²) < 4.78 is 11.0. The number of nitrogens with one attached hydrogen (secondary N) is 1. The third-order valence-electron chi connectivity index (χ3n) is 2.64. The van der Waals surface area contributed by atoms with Gasteiger partial charge in [0.05, 0.1) is 18.0 Å². The molecule has 1 aromatic carbocycles. The minimum atomic E-state index is -0.0441. The highest BCUT2D eigenvalue weighted by molar-refractivity contribution is 5.64. The van der Waals surface area contributed by atoms with E-state index in [0.29, 0.717) is 18.9 Å². The monoisotopic (exact) mass is 232 g/mol. The largest absolute Gasteiger partial charge is 0.486 e. The zero-order valence-electron chi connectivity index (χ0n) is 9.14. The van der Waals surface area contributed by atoms with Gasteiger partial charge in [-0.3, -0.25) is 5.10 Å². The summed E-state index contributed by atoms with van der Waals surface area (Å²) in [5.41, 5.74) is 2.41. The number of fused-ring (bicyclic) bond motifs is 1. The van der Waals surface area contributed by atoms with Crippen LogP contribution in [0.2, 0.25) is 0 Å². The quantitative estimate of drug-likeness (QED) is 0.820. The average molecular weight is 232 g/mol. The molecule has 5 nitrogen and oxygen atoms in total. The van der Waals surface area contributed by atoms with Crippen molar-refractivity contribution < 1.29 is 14.6 Å². The summed E-state index contributed by atoms with van der Waals surface area (Å²) in [5.74, 6) is 1.50. The van der Waals surface area contributed by atoms with Gasteiger partial charge in [-0.25, -0.2) is 0 Å². The maximum absolute atomic E-state index is 8.97. The molecular formula is C12H12N2O3. The second kappa shape index (κ2) is 4.10. The van der Waals surface area contributed by atoms with Crippen LogP contribution in [0.5, 0.6) is 11.5 Å². The molecule has 1 aromatic heterocycles. The van der Waals surface area contributed by atoms with Gasteiger partial charge in [-0.15, -0.1) is 0 Å².